The van der Waals surface area contributed by atoms with E-state index in [1.165, 1.54) is 0 Å². The van der Waals surface area contributed by atoms with Crippen LogP contribution >= 0.6 is 0 Å². The van der Waals surface area contributed by atoms with Crippen molar-refractivity contribution in [2.45, 2.75) is 87.8 Å². The van der Waals surface area contributed by atoms with Crippen molar-refractivity contribution in [2.75, 3.05) is 13.2 Å². The zero-order chi connectivity index (χ0) is 51.6. The molecule has 7 aromatic carbocycles. The van der Waals surface area contributed by atoms with Crippen LogP contribution in [-0.4, -0.2) is 97.6 Å². The van der Waals surface area contributed by atoms with Gasteiger partial charge in [-0.2, -0.15) is 0 Å². The predicted molar refractivity (Wildman–Crippen MR) is 274 cm³/mol. The molecule has 0 aliphatic carbocycles. The lowest BCUT2D eigenvalue weighted by Crippen LogP contribution is -2.66. The zero-order valence-electron chi connectivity index (χ0n) is 41.0. The van der Waals surface area contributed by atoms with E-state index >= 15 is 0 Å². The molecule has 14 heteroatoms. The van der Waals surface area contributed by atoms with Gasteiger partial charge in [-0.25, -0.2) is 14.4 Å². The number of carbonyl (C=O) groups is 3. The summed E-state index contributed by atoms with van der Waals surface area (Å²) in [6.45, 7) is 0.0288. The molecule has 2 aliphatic heterocycles. The highest BCUT2D eigenvalue weighted by atomic mass is 16.8. The maximum atomic E-state index is 14.3. The van der Waals surface area contributed by atoms with Crippen molar-refractivity contribution in [3.8, 4) is 0 Å². The first-order valence-electron chi connectivity index (χ1n) is 24.8. The smallest absolute Gasteiger partial charge is 0.338 e. The molecule has 2 fully saturated rings. The second kappa shape index (κ2) is 26.7. The van der Waals surface area contributed by atoms with E-state index in [9.17, 15) is 19.5 Å². The van der Waals surface area contributed by atoms with E-state index < -0.39 is 85.9 Å². The number of rotatable bonds is 22. The quantitative estimate of drug-likeness (QED) is 0.0505. The molecule has 1 N–H and O–H groups in total. The molecule has 0 bridgehead atoms. The number of esters is 3. The van der Waals surface area contributed by atoms with Gasteiger partial charge in [0.15, 0.2) is 24.8 Å². The van der Waals surface area contributed by atoms with E-state index in [1.807, 2.05) is 121 Å². The summed E-state index contributed by atoms with van der Waals surface area (Å²) in [5.74, 6) is -2.39. The van der Waals surface area contributed by atoms with Crippen LogP contribution in [0, 0.1) is 0 Å². The Morgan fingerprint density at radius 3 is 1.21 bits per heavy atom. The first-order chi connectivity index (χ1) is 36.9. The Balaban J connectivity index is 1.13. The van der Waals surface area contributed by atoms with Crippen LogP contribution < -0.4 is 0 Å². The van der Waals surface area contributed by atoms with Crippen LogP contribution in [0.15, 0.2) is 212 Å². The first kappa shape index (κ1) is 52.5. The van der Waals surface area contributed by atoms with Crippen LogP contribution in [0.4, 0.5) is 0 Å². The molecule has 0 spiro atoms. The highest BCUT2D eigenvalue weighted by molar-refractivity contribution is 5.90. The van der Waals surface area contributed by atoms with Gasteiger partial charge in [0.1, 0.15) is 43.2 Å². The van der Waals surface area contributed by atoms with Gasteiger partial charge in [0, 0.05) is 0 Å². The highest BCUT2D eigenvalue weighted by Gasteiger charge is 2.56. The summed E-state index contributed by atoms with van der Waals surface area (Å²) < 4.78 is 65.8. The van der Waals surface area contributed by atoms with Gasteiger partial charge in [0.25, 0.3) is 0 Å². The van der Waals surface area contributed by atoms with Crippen LogP contribution in [0.3, 0.4) is 0 Å². The third kappa shape index (κ3) is 14.5. The van der Waals surface area contributed by atoms with Crippen molar-refractivity contribution in [3.05, 3.63) is 251 Å². The highest BCUT2D eigenvalue weighted by Crippen LogP contribution is 2.36. The van der Waals surface area contributed by atoms with Gasteiger partial charge in [-0.1, -0.05) is 176 Å². The standard InChI is InChI=1S/C61H58O14/c62-57(46-30-16-5-17-31-46)70-41-50-52(54(73-58(63)47-32-18-6-19-33-47)55(60(65)71-50)74-59(64)48-34-20-7-21-35-48)75-61-56(69-39-45-28-14-4-15-29-45)53(68-38-44-26-12-3-13-27-44)51(67-37-43-24-10-2-11-25-43)49(72-61)40-66-36-42-22-8-1-9-23-42/h1-35,49-56,60-61,65H,36-41H2/t49-,50-,51+,52-,53+,54+,55-,56-,60+,61+/m1/s1. The summed E-state index contributed by atoms with van der Waals surface area (Å²) in [6.07, 6.45) is -13.5. The lowest BCUT2D eigenvalue weighted by molar-refractivity contribution is -0.366. The SMILES string of the molecule is O=C(OC[C@H]1O[C@H](O)[C@H](OC(=O)c2ccccc2)[C@@H](OC(=O)c2ccccc2)[C@@H]1O[C@@H]1O[C@H](COCc2ccccc2)[C@H](OCc2ccccc2)[C@H](OCc2ccccc2)[C@H]1OCc1ccccc1)c1ccccc1. The van der Waals surface area contributed by atoms with Gasteiger partial charge in [-0.05, 0) is 58.7 Å². The Bertz CT molecular complexity index is 2810. The van der Waals surface area contributed by atoms with Gasteiger partial charge in [-0.3, -0.25) is 0 Å². The van der Waals surface area contributed by atoms with Crippen LogP contribution in [0.5, 0.6) is 0 Å². The lowest BCUT2D eigenvalue weighted by atomic mass is 9.95. The van der Waals surface area contributed by atoms with E-state index in [1.54, 1.807) is 91.0 Å². The molecule has 0 unspecified atom stereocenters. The van der Waals surface area contributed by atoms with Crippen LogP contribution in [-0.2, 0) is 73.8 Å². The van der Waals surface area contributed by atoms with E-state index in [4.69, 9.17) is 47.4 Å². The van der Waals surface area contributed by atoms with E-state index in [-0.39, 0.29) is 49.7 Å². The summed E-state index contributed by atoms with van der Waals surface area (Å²) in [4.78, 5) is 41.8. The van der Waals surface area contributed by atoms with Gasteiger partial charge in [0.05, 0.1) is 49.7 Å². The molecular weight excluding hydrogens is 957 g/mol. The molecule has 10 atom stereocenters. The fourth-order valence-electron chi connectivity index (χ4n) is 8.81. The zero-order valence-corrected chi connectivity index (χ0v) is 41.0. The largest absolute Gasteiger partial charge is 0.459 e. The molecule has 75 heavy (non-hydrogen) atoms. The van der Waals surface area contributed by atoms with Crippen molar-refractivity contribution < 1.29 is 66.9 Å². The number of ether oxygens (including phenoxy) is 10. The second-order valence-corrected chi connectivity index (χ2v) is 17.9. The fraction of sp³-hybridized carbons (Fsp3) is 0.262. The number of aliphatic hydroxyl groups is 1. The average Bonchev–Trinajstić information content (AvgIpc) is 3.46. The Labute approximate surface area is 435 Å². The van der Waals surface area contributed by atoms with Crippen molar-refractivity contribution in [2.24, 2.45) is 0 Å². The average molecular weight is 1020 g/mol. The topological polar surface area (TPSA) is 164 Å². The third-order valence-electron chi connectivity index (χ3n) is 12.6. The van der Waals surface area contributed by atoms with Crippen LogP contribution in [0.2, 0.25) is 0 Å². The molecule has 9 rings (SSSR count). The van der Waals surface area contributed by atoms with E-state index in [2.05, 4.69) is 0 Å². The third-order valence-corrected chi connectivity index (χ3v) is 12.6. The summed E-state index contributed by atoms with van der Waals surface area (Å²) in [6, 6.07) is 63.2. The Morgan fingerprint density at radius 1 is 0.373 bits per heavy atom. The van der Waals surface area contributed by atoms with Crippen molar-refractivity contribution >= 4 is 17.9 Å². The maximum Gasteiger partial charge on any atom is 0.338 e. The minimum Gasteiger partial charge on any atom is -0.459 e. The molecule has 7 aromatic rings. The molecule has 0 aromatic heterocycles. The van der Waals surface area contributed by atoms with Crippen molar-refractivity contribution in [1.29, 1.82) is 0 Å². The molecule has 2 saturated heterocycles. The van der Waals surface area contributed by atoms with Crippen molar-refractivity contribution in [3.63, 3.8) is 0 Å². The van der Waals surface area contributed by atoms with Gasteiger partial charge < -0.3 is 52.5 Å². The molecule has 0 radical (unpaired) electrons. The normalized spacial score (nSPS) is 23.4. The maximum absolute atomic E-state index is 14.3. The van der Waals surface area contributed by atoms with E-state index in [0.717, 1.165) is 22.3 Å². The molecular formula is C61H58O14. The molecule has 2 aliphatic rings. The molecule has 0 amide bonds. The number of aliphatic hydroxyl groups excluding tert-OH is 1. The first-order valence-corrected chi connectivity index (χ1v) is 24.8. The minimum atomic E-state index is -1.93. The summed E-state index contributed by atoms with van der Waals surface area (Å²) >= 11 is 0. The second-order valence-electron chi connectivity index (χ2n) is 17.9. The number of carbonyl (C=O) groups excluding carboxylic acids is 3. The van der Waals surface area contributed by atoms with Gasteiger partial charge in [-0.15, -0.1) is 0 Å². The minimum absolute atomic E-state index is 0.0213. The predicted octanol–water partition coefficient (Wildman–Crippen LogP) is 9.09. The molecule has 386 valence electrons. The monoisotopic (exact) mass is 1010 g/mol. The van der Waals surface area contributed by atoms with Crippen molar-refractivity contribution in [1.82, 2.24) is 0 Å². The summed E-state index contributed by atoms with van der Waals surface area (Å²) in [5, 5.41) is 11.9. The Kier molecular flexibility index (Phi) is 18.7. The van der Waals surface area contributed by atoms with E-state index in [0.29, 0.717) is 0 Å². The lowest BCUT2D eigenvalue weighted by Gasteiger charge is -2.49. The number of hydrogen-bond donors (Lipinski definition) is 1. The van der Waals surface area contributed by atoms with Crippen LogP contribution in [0.1, 0.15) is 53.3 Å². The number of benzene rings is 7. The summed E-state index contributed by atoms with van der Waals surface area (Å²) in [5.41, 5.74) is 4.06. The molecule has 14 nitrogen and oxygen atoms in total. The fourth-order valence-corrected chi connectivity index (χ4v) is 8.81. The number of hydrogen-bond acceptors (Lipinski definition) is 14. The Morgan fingerprint density at radius 2 is 0.747 bits per heavy atom. The van der Waals surface area contributed by atoms with Gasteiger partial charge in [0.2, 0.25) is 0 Å². The Hall–Kier alpha value is -7.37. The van der Waals surface area contributed by atoms with Crippen LogP contribution in [0.25, 0.3) is 0 Å². The molecule has 2 heterocycles. The van der Waals surface area contributed by atoms with Gasteiger partial charge >= 0.3 is 17.9 Å². The summed E-state index contributed by atoms with van der Waals surface area (Å²) in [7, 11) is 0. The molecule has 0 saturated carbocycles.